The van der Waals surface area contributed by atoms with Crippen molar-refractivity contribution in [2.24, 2.45) is 0 Å². The van der Waals surface area contributed by atoms with Crippen LogP contribution in [0.1, 0.15) is 53.6 Å². The van der Waals surface area contributed by atoms with Crippen LogP contribution in [-0.4, -0.2) is 78.0 Å². The first-order chi connectivity index (χ1) is 20.7. The third-order valence-corrected chi connectivity index (χ3v) is 11.1. The maximum absolute atomic E-state index is 13.9. The summed E-state index contributed by atoms with van der Waals surface area (Å²) in [6.07, 6.45) is 5.49. The summed E-state index contributed by atoms with van der Waals surface area (Å²) >= 11 is 0. The van der Waals surface area contributed by atoms with Crippen LogP contribution in [0, 0.1) is 0 Å². The summed E-state index contributed by atoms with van der Waals surface area (Å²) in [5.74, 6) is 0.481. The number of carbonyl (C=O) groups excluding carboxylic acids is 1. The highest BCUT2D eigenvalue weighted by Gasteiger charge is 2.51. The third kappa shape index (κ3) is 4.53. The second kappa shape index (κ2) is 10.2. The molecule has 12 heteroatoms. The number of methoxy groups -OCH3 is 3. The number of hydrogen-bond donors (Lipinski definition) is 1. The standard InChI is InChI=1S/C31H36N4O7S/c1-34(20-14-21(15-20)39-2)30(36)18-12-25(40-3)28(26(13-18)41-4)43(37,38)33-29-23-17-31(8-9-31)24-7-6-19(35-10-5-11-35)16-22(24)27(23)42-32-29/h6-7,12-13,16,20-21H,5,8-11,14-15,17H2,1-4H3,(H,32,33). The van der Waals surface area contributed by atoms with E-state index in [-0.39, 0.29) is 51.2 Å². The van der Waals surface area contributed by atoms with Gasteiger partial charge in [0.15, 0.2) is 16.5 Å². The molecular weight excluding hydrogens is 572 g/mol. The van der Waals surface area contributed by atoms with Gasteiger partial charge in [-0.2, -0.15) is 0 Å². The largest absolute Gasteiger partial charge is 0.495 e. The van der Waals surface area contributed by atoms with Gasteiger partial charge in [-0.1, -0.05) is 11.2 Å². The zero-order valence-corrected chi connectivity index (χ0v) is 25.6. The lowest BCUT2D eigenvalue weighted by Gasteiger charge is -2.40. The van der Waals surface area contributed by atoms with Crippen LogP contribution in [0.15, 0.2) is 39.8 Å². The summed E-state index contributed by atoms with van der Waals surface area (Å²) in [6.45, 7) is 2.05. The van der Waals surface area contributed by atoms with Crippen LogP contribution in [0.25, 0.3) is 11.3 Å². The number of hydrogen-bond acceptors (Lipinski definition) is 9. The lowest BCUT2D eigenvalue weighted by molar-refractivity contribution is -0.0145. The molecule has 0 unspecified atom stereocenters. The zero-order chi connectivity index (χ0) is 30.1. The van der Waals surface area contributed by atoms with Gasteiger partial charge in [0.1, 0.15) is 11.5 Å². The summed E-state index contributed by atoms with van der Waals surface area (Å²) in [7, 11) is 1.85. The van der Waals surface area contributed by atoms with E-state index in [0.29, 0.717) is 12.2 Å². The number of carbonyl (C=O) groups is 1. The summed E-state index contributed by atoms with van der Waals surface area (Å²) in [4.78, 5) is 17.1. The van der Waals surface area contributed by atoms with Crippen molar-refractivity contribution < 1.29 is 31.9 Å². The van der Waals surface area contributed by atoms with Crippen molar-refractivity contribution in [2.75, 3.05) is 51.1 Å². The molecule has 11 nitrogen and oxygen atoms in total. The third-order valence-electron chi connectivity index (χ3n) is 9.68. The molecule has 1 aromatic heterocycles. The van der Waals surface area contributed by atoms with Gasteiger partial charge in [-0.05, 0) is 68.4 Å². The molecule has 3 aliphatic carbocycles. The Morgan fingerprint density at radius 1 is 1.09 bits per heavy atom. The van der Waals surface area contributed by atoms with Gasteiger partial charge >= 0.3 is 0 Å². The van der Waals surface area contributed by atoms with Crippen molar-refractivity contribution in [3.8, 4) is 22.8 Å². The Balaban J connectivity index is 1.21. The van der Waals surface area contributed by atoms with Gasteiger partial charge in [0, 0.05) is 61.1 Å². The molecule has 2 saturated carbocycles. The molecule has 0 radical (unpaired) electrons. The fraction of sp³-hybridized carbons (Fsp3) is 0.484. The Kier molecular flexibility index (Phi) is 6.62. The van der Waals surface area contributed by atoms with E-state index in [1.54, 1.807) is 19.1 Å². The summed E-state index contributed by atoms with van der Waals surface area (Å²) < 4.78 is 52.7. The summed E-state index contributed by atoms with van der Waals surface area (Å²) in [5.41, 5.74) is 4.33. The number of rotatable bonds is 9. The number of ether oxygens (including phenoxy) is 3. The number of anilines is 2. The van der Waals surface area contributed by atoms with Crippen LogP contribution in [-0.2, 0) is 26.6 Å². The predicted molar refractivity (Wildman–Crippen MR) is 160 cm³/mol. The zero-order valence-electron chi connectivity index (χ0n) is 24.8. The van der Waals surface area contributed by atoms with Crippen LogP contribution in [0.4, 0.5) is 11.5 Å². The molecule has 3 fully saturated rings. The second-order valence-electron chi connectivity index (χ2n) is 12.1. The van der Waals surface area contributed by atoms with E-state index in [1.807, 2.05) is 0 Å². The first-order valence-corrected chi connectivity index (χ1v) is 16.1. The number of benzene rings is 2. The lowest BCUT2D eigenvalue weighted by atomic mass is 9.79. The van der Waals surface area contributed by atoms with Crippen LogP contribution in [0.5, 0.6) is 11.5 Å². The van der Waals surface area contributed by atoms with Gasteiger partial charge in [-0.25, -0.2) is 8.42 Å². The number of nitrogens with zero attached hydrogens (tertiary/aromatic N) is 3. The topological polar surface area (TPSA) is 123 Å². The highest BCUT2D eigenvalue weighted by molar-refractivity contribution is 7.93. The van der Waals surface area contributed by atoms with E-state index in [9.17, 15) is 13.2 Å². The van der Waals surface area contributed by atoms with E-state index in [2.05, 4.69) is 33.0 Å². The van der Waals surface area contributed by atoms with E-state index < -0.39 is 10.0 Å². The number of amides is 1. The predicted octanol–water partition coefficient (Wildman–Crippen LogP) is 4.21. The number of aromatic nitrogens is 1. The van der Waals surface area contributed by atoms with Gasteiger partial charge in [-0.3, -0.25) is 9.52 Å². The molecule has 228 valence electrons. The van der Waals surface area contributed by atoms with Crippen LogP contribution in [0.2, 0.25) is 0 Å². The minimum Gasteiger partial charge on any atom is -0.495 e. The SMILES string of the molecule is COc1cc(C(=O)N(C)C2CC(OC)C2)cc(OC)c1S(=O)(=O)Nc1noc2c1CC1(CC1)c1ccc(N3CCC3)cc1-2. The van der Waals surface area contributed by atoms with E-state index >= 15 is 0 Å². The number of fused-ring (bicyclic) bond motifs is 4. The molecule has 0 atom stereocenters. The van der Waals surface area contributed by atoms with Gasteiger partial charge < -0.3 is 28.5 Å². The fourth-order valence-corrected chi connectivity index (χ4v) is 7.94. The first-order valence-electron chi connectivity index (χ1n) is 14.6. The monoisotopic (exact) mass is 608 g/mol. The molecule has 7 rings (SSSR count). The molecule has 2 heterocycles. The van der Waals surface area contributed by atoms with Crippen molar-refractivity contribution in [3.05, 3.63) is 47.0 Å². The Morgan fingerprint density at radius 3 is 2.37 bits per heavy atom. The van der Waals surface area contributed by atoms with Crippen LogP contribution in [0.3, 0.4) is 0 Å². The first kappa shape index (κ1) is 28.0. The van der Waals surface area contributed by atoms with Gasteiger partial charge in [0.05, 0.1) is 20.3 Å². The average molecular weight is 609 g/mol. The highest BCUT2D eigenvalue weighted by Crippen LogP contribution is 2.59. The van der Waals surface area contributed by atoms with E-state index in [4.69, 9.17) is 18.7 Å². The lowest BCUT2D eigenvalue weighted by Crippen LogP contribution is -2.48. The number of nitrogens with one attached hydrogen (secondary N) is 1. The maximum Gasteiger partial charge on any atom is 0.270 e. The fourth-order valence-electron chi connectivity index (χ4n) is 6.61. The second-order valence-corrected chi connectivity index (χ2v) is 13.7. The van der Waals surface area contributed by atoms with Gasteiger partial charge in [0.2, 0.25) is 0 Å². The Morgan fingerprint density at radius 2 is 1.79 bits per heavy atom. The summed E-state index contributed by atoms with van der Waals surface area (Å²) in [6, 6.07) is 9.44. The number of sulfonamides is 1. The van der Waals surface area contributed by atoms with Crippen molar-refractivity contribution in [1.82, 2.24) is 10.1 Å². The van der Waals surface area contributed by atoms with Crippen LogP contribution < -0.4 is 19.1 Å². The normalized spacial score (nSPS) is 21.3. The van der Waals surface area contributed by atoms with Crippen LogP contribution >= 0.6 is 0 Å². The Labute approximate surface area is 251 Å². The molecule has 1 aliphatic heterocycles. The molecule has 1 N–H and O–H groups in total. The van der Waals surface area contributed by atoms with E-state index in [1.165, 1.54) is 38.3 Å². The smallest absolute Gasteiger partial charge is 0.270 e. The molecule has 1 amide bonds. The molecule has 0 bridgehead atoms. The highest BCUT2D eigenvalue weighted by atomic mass is 32.2. The molecule has 4 aliphatic rings. The molecule has 1 spiro atoms. The molecule has 1 saturated heterocycles. The van der Waals surface area contributed by atoms with Crippen molar-refractivity contribution in [1.29, 1.82) is 0 Å². The summed E-state index contributed by atoms with van der Waals surface area (Å²) in [5, 5.41) is 4.21. The van der Waals surface area contributed by atoms with Gasteiger partial charge in [0.25, 0.3) is 15.9 Å². The quantitative estimate of drug-likeness (QED) is 0.381. The van der Waals surface area contributed by atoms with Crippen molar-refractivity contribution >= 4 is 27.4 Å². The average Bonchev–Trinajstić information content (AvgIpc) is 3.62. The van der Waals surface area contributed by atoms with Gasteiger partial charge in [-0.15, -0.1) is 0 Å². The Hall–Kier alpha value is -3.77. The molecule has 3 aromatic rings. The molecule has 43 heavy (non-hydrogen) atoms. The van der Waals surface area contributed by atoms with E-state index in [0.717, 1.165) is 55.6 Å². The minimum absolute atomic E-state index is 0.00691. The molecular formula is C31H36N4O7S. The minimum atomic E-state index is -4.27. The molecule has 2 aromatic carbocycles. The van der Waals surface area contributed by atoms with Crippen molar-refractivity contribution in [2.45, 2.75) is 61.0 Å². The Bertz CT molecular complexity index is 1680. The van der Waals surface area contributed by atoms with Crippen molar-refractivity contribution in [3.63, 3.8) is 0 Å². The maximum atomic E-state index is 13.9.